The number of fused-ring (bicyclic) bond motifs is 1. The van der Waals surface area contributed by atoms with E-state index in [1.54, 1.807) is 4.90 Å². The van der Waals surface area contributed by atoms with E-state index >= 15 is 0 Å². The fourth-order valence-corrected chi connectivity index (χ4v) is 3.75. The van der Waals surface area contributed by atoms with E-state index in [4.69, 9.17) is 4.74 Å². The van der Waals surface area contributed by atoms with Gasteiger partial charge in [0, 0.05) is 24.2 Å². The predicted molar refractivity (Wildman–Crippen MR) is 97.4 cm³/mol. The molecule has 0 atom stereocenters. The molecule has 5 nitrogen and oxygen atoms in total. The number of amides is 1. The maximum Gasteiger partial charge on any atom is 0.226 e. The average Bonchev–Trinajstić information content (AvgIpc) is 3.45. The standard InChI is InChI=1S/C20H27N3O2/c1-21-18(14-17-4-2-3-5-19(17)21)15-23(20(24)16-6-7-16)9-8-22-10-12-25-13-11-22/h2-5,14,16H,6-13,15H2,1H3/p+1. The summed E-state index contributed by atoms with van der Waals surface area (Å²) in [5.41, 5.74) is 2.45. The van der Waals surface area contributed by atoms with Crippen molar-refractivity contribution >= 4 is 16.8 Å². The first-order valence-electron chi connectivity index (χ1n) is 9.46. The first-order chi connectivity index (χ1) is 12.2. The molecule has 0 spiro atoms. The lowest BCUT2D eigenvalue weighted by atomic mass is 10.2. The summed E-state index contributed by atoms with van der Waals surface area (Å²) in [6.07, 6.45) is 2.13. The fraction of sp³-hybridized carbons (Fsp3) is 0.550. The number of hydrogen-bond acceptors (Lipinski definition) is 2. The lowest BCUT2D eigenvalue weighted by molar-refractivity contribution is -0.907. The van der Waals surface area contributed by atoms with E-state index in [2.05, 4.69) is 46.8 Å². The second-order valence-electron chi connectivity index (χ2n) is 7.40. The molecule has 1 saturated heterocycles. The number of nitrogens with zero attached hydrogens (tertiary/aromatic N) is 2. The third kappa shape index (κ3) is 3.72. The molecule has 1 aliphatic carbocycles. The predicted octanol–water partition coefficient (Wildman–Crippen LogP) is 0.832. The maximum atomic E-state index is 12.8. The fourth-order valence-electron chi connectivity index (χ4n) is 3.75. The Bertz CT molecular complexity index is 744. The van der Waals surface area contributed by atoms with Gasteiger partial charge >= 0.3 is 0 Å². The molecule has 25 heavy (non-hydrogen) atoms. The summed E-state index contributed by atoms with van der Waals surface area (Å²) in [5.74, 6) is 0.618. The highest BCUT2D eigenvalue weighted by atomic mass is 16.5. The van der Waals surface area contributed by atoms with Crippen molar-refractivity contribution in [1.82, 2.24) is 9.47 Å². The molecule has 1 saturated carbocycles. The van der Waals surface area contributed by atoms with Crippen LogP contribution in [0.2, 0.25) is 0 Å². The van der Waals surface area contributed by atoms with Crippen LogP contribution in [0.25, 0.3) is 10.9 Å². The van der Waals surface area contributed by atoms with Gasteiger partial charge in [0.05, 0.1) is 32.8 Å². The van der Waals surface area contributed by atoms with Crippen LogP contribution < -0.4 is 4.90 Å². The van der Waals surface area contributed by atoms with Crippen molar-refractivity contribution < 1.29 is 14.4 Å². The van der Waals surface area contributed by atoms with Gasteiger partial charge in [-0.25, -0.2) is 0 Å². The van der Waals surface area contributed by atoms with Crippen LogP contribution in [-0.2, 0) is 23.1 Å². The highest BCUT2D eigenvalue weighted by molar-refractivity contribution is 5.83. The quantitative estimate of drug-likeness (QED) is 0.845. The SMILES string of the molecule is Cn1c(CN(CC[NH+]2CCOCC2)C(=O)C2CC2)cc2ccccc21. The number of morpholine rings is 1. The van der Waals surface area contributed by atoms with Gasteiger partial charge in [-0.2, -0.15) is 0 Å². The number of nitrogens with one attached hydrogen (secondary N) is 1. The molecule has 134 valence electrons. The van der Waals surface area contributed by atoms with E-state index in [0.717, 1.165) is 52.2 Å². The van der Waals surface area contributed by atoms with Crippen molar-refractivity contribution in [2.24, 2.45) is 13.0 Å². The van der Waals surface area contributed by atoms with E-state index in [9.17, 15) is 4.79 Å². The summed E-state index contributed by atoms with van der Waals surface area (Å²) < 4.78 is 7.67. The molecule has 1 amide bonds. The van der Waals surface area contributed by atoms with Crippen LogP contribution in [0.3, 0.4) is 0 Å². The van der Waals surface area contributed by atoms with Crippen LogP contribution in [0.1, 0.15) is 18.5 Å². The zero-order valence-electron chi connectivity index (χ0n) is 15.0. The summed E-state index contributed by atoms with van der Waals surface area (Å²) in [6, 6.07) is 10.7. The van der Waals surface area contributed by atoms with Crippen LogP contribution in [-0.4, -0.2) is 54.8 Å². The van der Waals surface area contributed by atoms with Crippen LogP contribution in [0, 0.1) is 5.92 Å². The number of benzene rings is 1. The molecule has 1 N–H and O–H groups in total. The number of quaternary nitrogens is 1. The first-order valence-corrected chi connectivity index (χ1v) is 9.46. The molecule has 2 aliphatic rings. The lowest BCUT2D eigenvalue weighted by Gasteiger charge is -2.28. The molecule has 4 rings (SSSR count). The van der Waals surface area contributed by atoms with Gasteiger partial charge in [-0.3, -0.25) is 4.79 Å². The third-order valence-corrected chi connectivity index (χ3v) is 5.58. The second kappa shape index (κ2) is 7.18. The van der Waals surface area contributed by atoms with Gasteiger partial charge in [0.15, 0.2) is 0 Å². The molecule has 1 aromatic carbocycles. The Kier molecular flexibility index (Phi) is 4.77. The Hall–Kier alpha value is -1.85. The molecule has 0 unspecified atom stereocenters. The molecule has 2 fully saturated rings. The largest absolute Gasteiger partial charge is 0.370 e. The van der Waals surface area contributed by atoms with Crippen molar-refractivity contribution in [3.8, 4) is 0 Å². The molecule has 2 heterocycles. The minimum Gasteiger partial charge on any atom is -0.370 e. The molecule has 5 heteroatoms. The minimum atomic E-state index is 0.273. The zero-order chi connectivity index (χ0) is 17.2. The van der Waals surface area contributed by atoms with Gasteiger partial charge in [0.25, 0.3) is 0 Å². The van der Waals surface area contributed by atoms with Crippen LogP contribution in [0.5, 0.6) is 0 Å². The van der Waals surface area contributed by atoms with E-state index in [1.807, 2.05) is 0 Å². The summed E-state index contributed by atoms with van der Waals surface area (Å²) in [7, 11) is 2.10. The third-order valence-electron chi connectivity index (χ3n) is 5.58. The Morgan fingerprint density at radius 3 is 2.76 bits per heavy atom. The van der Waals surface area contributed by atoms with E-state index < -0.39 is 0 Å². The molecule has 1 aliphatic heterocycles. The van der Waals surface area contributed by atoms with Crippen LogP contribution in [0.4, 0.5) is 0 Å². The number of ether oxygens (including phenoxy) is 1. The average molecular weight is 342 g/mol. The van der Waals surface area contributed by atoms with Gasteiger partial charge in [-0.1, -0.05) is 18.2 Å². The number of carbonyl (C=O) groups is 1. The zero-order valence-corrected chi connectivity index (χ0v) is 15.0. The molecular formula is C20H28N3O2+. The second-order valence-corrected chi connectivity index (χ2v) is 7.40. The molecule has 0 bridgehead atoms. The topological polar surface area (TPSA) is 38.9 Å². The number of rotatable bonds is 6. The van der Waals surface area contributed by atoms with E-state index in [0.29, 0.717) is 12.5 Å². The maximum absolute atomic E-state index is 12.8. The number of hydrogen-bond donors (Lipinski definition) is 1. The van der Waals surface area contributed by atoms with Crippen LogP contribution >= 0.6 is 0 Å². The summed E-state index contributed by atoms with van der Waals surface area (Å²) >= 11 is 0. The number of aromatic nitrogens is 1. The highest BCUT2D eigenvalue weighted by Crippen LogP contribution is 2.31. The molecular weight excluding hydrogens is 314 g/mol. The monoisotopic (exact) mass is 342 g/mol. The summed E-state index contributed by atoms with van der Waals surface area (Å²) in [6.45, 7) is 6.37. The van der Waals surface area contributed by atoms with Crippen molar-refractivity contribution in [2.75, 3.05) is 39.4 Å². The van der Waals surface area contributed by atoms with Crippen molar-refractivity contribution in [3.63, 3.8) is 0 Å². The van der Waals surface area contributed by atoms with E-state index in [1.165, 1.54) is 16.6 Å². The number of aryl methyl sites for hydroxylation is 1. The Morgan fingerprint density at radius 1 is 1.28 bits per heavy atom. The van der Waals surface area contributed by atoms with Gasteiger partial charge in [-0.05, 0) is 30.4 Å². The Labute approximate surface area is 149 Å². The molecule has 0 radical (unpaired) electrons. The van der Waals surface area contributed by atoms with Gasteiger partial charge < -0.3 is 19.1 Å². The van der Waals surface area contributed by atoms with E-state index in [-0.39, 0.29) is 5.92 Å². The Balaban J connectivity index is 1.48. The van der Waals surface area contributed by atoms with Crippen molar-refractivity contribution in [2.45, 2.75) is 19.4 Å². The lowest BCUT2D eigenvalue weighted by Crippen LogP contribution is -3.14. The van der Waals surface area contributed by atoms with Gasteiger partial charge in [-0.15, -0.1) is 0 Å². The number of carbonyl (C=O) groups excluding carboxylic acids is 1. The Morgan fingerprint density at radius 2 is 2.04 bits per heavy atom. The minimum absolute atomic E-state index is 0.273. The van der Waals surface area contributed by atoms with Crippen LogP contribution in [0.15, 0.2) is 30.3 Å². The first kappa shape index (κ1) is 16.6. The number of para-hydroxylation sites is 1. The van der Waals surface area contributed by atoms with Crippen molar-refractivity contribution in [3.05, 3.63) is 36.0 Å². The summed E-state index contributed by atoms with van der Waals surface area (Å²) in [4.78, 5) is 16.4. The van der Waals surface area contributed by atoms with Crippen molar-refractivity contribution in [1.29, 1.82) is 0 Å². The molecule has 2 aromatic rings. The molecule has 1 aromatic heterocycles. The normalized spacial score (nSPS) is 18.6. The van der Waals surface area contributed by atoms with Gasteiger partial charge in [0.2, 0.25) is 5.91 Å². The smallest absolute Gasteiger partial charge is 0.226 e. The highest BCUT2D eigenvalue weighted by Gasteiger charge is 2.34. The van der Waals surface area contributed by atoms with Gasteiger partial charge in [0.1, 0.15) is 13.1 Å². The summed E-state index contributed by atoms with van der Waals surface area (Å²) in [5, 5.41) is 1.25.